The van der Waals surface area contributed by atoms with Crippen molar-refractivity contribution in [2.45, 2.75) is 13.8 Å². The van der Waals surface area contributed by atoms with Crippen molar-refractivity contribution in [1.82, 2.24) is 0 Å². The lowest BCUT2D eigenvalue weighted by molar-refractivity contribution is 1.30. The third kappa shape index (κ3) is 1.48. The van der Waals surface area contributed by atoms with Gasteiger partial charge in [0.05, 0.1) is 0 Å². The molecule has 0 radical (unpaired) electrons. The maximum Gasteiger partial charge on any atom is -0.0158 e. The second kappa shape index (κ2) is 3.40. The van der Waals surface area contributed by atoms with Crippen LogP contribution in [-0.2, 0) is 0 Å². The summed E-state index contributed by atoms with van der Waals surface area (Å²) in [5.41, 5.74) is 2.49. The maximum absolute atomic E-state index is 4.02. The Balaban J connectivity index is 3.66. The van der Waals surface area contributed by atoms with E-state index in [1.54, 1.807) is 6.08 Å². The van der Waals surface area contributed by atoms with Gasteiger partial charge in [0.1, 0.15) is 0 Å². The van der Waals surface area contributed by atoms with Gasteiger partial charge in [-0.15, -0.1) is 0 Å². The molecule has 0 spiro atoms. The van der Waals surface area contributed by atoms with Gasteiger partial charge in [0.2, 0.25) is 0 Å². The van der Waals surface area contributed by atoms with Crippen LogP contribution in [0.25, 0.3) is 12.7 Å². The van der Waals surface area contributed by atoms with E-state index < -0.39 is 0 Å². The first-order valence-corrected chi connectivity index (χ1v) is 4.04. The third-order valence-electron chi connectivity index (χ3n) is 2.09. The lowest BCUT2D eigenvalue weighted by Gasteiger charge is -1.98. The summed E-state index contributed by atoms with van der Waals surface area (Å²) in [7, 11) is 0. The molecule has 0 heteroatoms. The van der Waals surface area contributed by atoms with Gasteiger partial charge in [-0.05, 0) is 35.4 Å². The molecule has 12 heavy (non-hydrogen) atoms. The van der Waals surface area contributed by atoms with Crippen molar-refractivity contribution in [2.75, 3.05) is 0 Å². The molecule has 0 saturated carbocycles. The van der Waals surface area contributed by atoms with Gasteiger partial charge in [0.25, 0.3) is 0 Å². The van der Waals surface area contributed by atoms with Crippen LogP contribution in [0.1, 0.15) is 11.1 Å². The Morgan fingerprint density at radius 3 is 2.33 bits per heavy atom. The number of allylic oxidation sites excluding steroid dienone is 1. The molecule has 0 bridgehead atoms. The molecule has 0 N–H and O–H groups in total. The molecule has 0 unspecified atom stereocenters. The van der Waals surface area contributed by atoms with Crippen molar-refractivity contribution in [2.24, 2.45) is 0 Å². The molecule has 0 aliphatic carbocycles. The molecular weight excluding hydrogens is 144 g/mol. The molecular formula is C12H14. The quantitative estimate of drug-likeness (QED) is 0.583. The molecule has 0 nitrogen and oxygen atoms in total. The van der Waals surface area contributed by atoms with E-state index >= 15 is 0 Å². The number of aryl methyl sites for hydroxylation is 2. The maximum atomic E-state index is 4.02. The molecule has 1 rings (SSSR count). The molecule has 0 aromatic heterocycles. The van der Waals surface area contributed by atoms with Gasteiger partial charge in [0, 0.05) is 0 Å². The highest BCUT2D eigenvalue weighted by Crippen LogP contribution is 1.89. The van der Waals surface area contributed by atoms with Crippen molar-refractivity contribution >= 4 is 12.7 Å². The molecule has 0 fully saturated rings. The van der Waals surface area contributed by atoms with Crippen molar-refractivity contribution in [1.29, 1.82) is 0 Å². The molecule has 0 atom stereocenters. The minimum Gasteiger partial charge on any atom is -0.0990 e. The van der Waals surface area contributed by atoms with E-state index in [0.717, 1.165) is 5.22 Å². The Kier molecular flexibility index (Phi) is 2.49. The Morgan fingerprint density at radius 2 is 1.75 bits per heavy atom. The van der Waals surface area contributed by atoms with Crippen LogP contribution in [-0.4, -0.2) is 0 Å². The van der Waals surface area contributed by atoms with Gasteiger partial charge in [-0.2, -0.15) is 0 Å². The van der Waals surface area contributed by atoms with Crippen LogP contribution in [0, 0.1) is 13.8 Å². The molecule has 0 aliphatic heterocycles. The largest absolute Gasteiger partial charge is 0.0990 e. The summed E-state index contributed by atoms with van der Waals surface area (Å²) in [5, 5.41) is 2.31. The summed E-state index contributed by atoms with van der Waals surface area (Å²) < 4.78 is 0. The highest BCUT2D eigenvalue weighted by molar-refractivity contribution is 5.41. The summed E-state index contributed by atoms with van der Waals surface area (Å²) in [5.74, 6) is 0. The monoisotopic (exact) mass is 158 g/mol. The zero-order valence-corrected chi connectivity index (χ0v) is 7.72. The predicted molar refractivity (Wildman–Crippen MR) is 55.4 cm³/mol. The SMILES string of the molecule is C=C/C=c1/c(C)ccc(C)c1=C. The molecule has 0 saturated heterocycles. The van der Waals surface area contributed by atoms with Crippen LogP contribution in [0.4, 0.5) is 0 Å². The Labute approximate surface area is 73.6 Å². The zero-order chi connectivity index (χ0) is 9.14. The van der Waals surface area contributed by atoms with Crippen LogP contribution in [0.2, 0.25) is 0 Å². The van der Waals surface area contributed by atoms with E-state index in [4.69, 9.17) is 0 Å². The zero-order valence-electron chi connectivity index (χ0n) is 7.72. The van der Waals surface area contributed by atoms with Gasteiger partial charge in [-0.25, -0.2) is 0 Å². The Bertz CT molecular complexity index is 397. The molecule has 0 amide bonds. The van der Waals surface area contributed by atoms with Crippen LogP contribution < -0.4 is 10.4 Å². The van der Waals surface area contributed by atoms with Crippen molar-refractivity contribution in [3.63, 3.8) is 0 Å². The van der Waals surface area contributed by atoms with E-state index in [0.29, 0.717) is 0 Å². The molecule has 1 aromatic carbocycles. The average Bonchev–Trinajstić information content (AvgIpc) is 2.06. The van der Waals surface area contributed by atoms with E-state index in [9.17, 15) is 0 Å². The van der Waals surface area contributed by atoms with Gasteiger partial charge in [-0.3, -0.25) is 0 Å². The molecule has 62 valence electrons. The minimum absolute atomic E-state index is 1.11. The van der Waals surface area contributed by atoms with Crippen LogP contribution in [0.3, 0.4) is 0 Å². The molecule has 0 aliphatic rings. The summed E-state index contributed by atoms with van der Waals surface area (Å²) in [6, 6.07) is 4.21. The third-order valence-corrected chi connectivity index (χ3v) is 2.09. The standard InChI is InChI=1S/C12H14/c1-5-6-12-10(3)8-7-9(2)11(12)4/h5-8H,1,4H2,2-3H3/b12-6-. The van der Waals surface area contributed by atoms with E-state index in [2.05, 4.69) is 39.1 Å². The molecule has 0 heterocycles. The fourth-order valence-electron chi connectivity index (χ4n) is 1.24. The van der Waals surface area contributed by atoms with Crippen LogP contribution >= 0.6 is 0 Å². The average molecular weight is 158 g/mol. The fraction of sp³-hybridized carbons (Fsp3) is 0.167. The smallest absolute Gasteiger partial charge is 0.0158 e. The number of rotatable bonds is 1. The lowest BCUT2D eigenvalue weighted by Crippen LogP contribution is -2.28. The first kappa shape index (κ1) is 8.79. The van der Waals surface area contributed by atoms with Gasteiger partial charge in [-0.1, -0.05) is 37.4 Å². The Morgan fingerprint density at radius 1 is 1.17 bits per heavy atom. The second-order valence-corrected chi connectivity index (χ2v) is 2.99. The number of benzene rings is 1. The number of hydrogen-bond acceptors (Lipinski definition) is 0. The van der Waals surface area contributed by atoms with E-state index in [-0.39, 0.29) is 0 Å². The van der Waals surface area contributed by atoms with Gasteiger partial charge < -0.3 is 0 Å². The predicted octanol–water partition coefficient (Wildman–Crippen LogP) is 1.68. The van der Waals surface area contributed by atoms with Gasteiger partial charge >= 0.3 is 0 Å². The summed E-state index contributed by atoms with van der Waals surface area (Å²) in [4.78, 5) is 0. The minimum atomic E-state index is 1.11. The highest BCUT2D eigenvalue weighted by atomic mass is 14.0. The first-order chi connectivity index (χ1) is 5.66. The fourth-order valence-corrected chi connectivity index (χ4v) is 1.24. The molecule has 1 aromatic rings. The lowest BCUT2D eigenvalue weighted by atomic mass is 10.1. The van der Waals surface area contributed by atoms with E-state index in [1.807, 2.05) is 6.08 Å². The summed E-state index contributed by atoms with van der Waals surface area (Å²) in [6.45, 7) is 11.9. The van der Waals surface area contributed by atoms with Crippen LogP contribution in [0.15, 0.2) is 24.8 Å². The van der Waals surface area contributed by atoms with Gasteiger partial charge in [0.15, 0.2) is 0 Å². The number of hydrogen-bond donors (Lipinski definition) is 0. The van der Waals surface area contributed by atoms with Crippen LogP contribution in [0.5, 0.6) is 0 Å². The van der Waals surface area contributed by atoms with E-state index in [1.165, 1.54) is 16.3 Å². The Hall–Kier alpha value is -1.30. The first-order valence-electron chi connectivity index (χ1n) is 4.04. The second-order valence-electron chi connectivity index (χ2n) is 2.99. The topological polar surface area (TPSA) is 0 Å². The van der Waals surface area contributed by atoms with Crippen molar-refractivity contribution in [3.8, 4) is 0 Å². The normalized spacial score (nSPS) is 11.7. The highest BCUT2D eigenvalue weighted by Gasteiger charge is 1.91. The summed E-state index contributed by atoms with van der Waals surface area (Å²) in [6.07, 6.45) is 3.81. The van der Waals surface area contributed by atoms with Crippen molar-refractivity contribution < 1.29 is 0 Å². The van der Waals surface area contributed by atoms with Crippen molar-refractivity contribution in [3.05, 3.63) is 46.4 Å². The summed E-state index contributed by atoms with van der Waals surface area (Å²) >= 11 is 0.